The zero-order valence-corrected chi connectivity index (χ0v) is 20.1. The number of hydrogen-bond donors (Lipinski definition) is 1. The Hall–Kier alpha value is -3.45. The van der Waals surface area contributed by atoms with Crippen molar-refractivity contribution in [3.8, 4) is 17.1 Å². The summed E-state index contributed by atoms with van der Waals surface area (Å²) in [5.41, 5.74) is 6.25. The monoisotopic (exact) mass is 457 g/mol. The molecule has 0 atom stereocenters. The molecule has 6 nitrogen and oxygen atoms in total. The van der Waals surface area contributed by atoms with E-state index in [1.807, 2.05) is 41.0 Å². The Labute approximate surface area is 198 Å². The van der Waals surface area contributed by atoms with E-state index in [4.69, 9.17) is 0 Å². The lowest BCUT2D eigenvalue weighted by Crippen LogP contribution is -2.16. The second-order valence-electron chi connectivity index (χ2n) is 8.22. The van der Waals surface area contributed by atoms with Gasteiger partial charge in [-0.1, -0.05) is 49.9 Å². The number of anilines is 1. The van der Waals surface area contributed by atoms with Crippen LogP contribution in [-0.2, 0) is 4.79 Å². The van der Waals surface area contributed by atoms with Crippen LogP contribution >= 0.6 is 11.8 Å². The number of amides is 1. The third kappa shape index (κ3) is 5.14. The van der Waals surface area contributed by atoms with Crippen LogP contribution in [0.25, 0.3) is 17.1 Å². The van der Waals surface area contributed by atoms with E-state index in [1.165, 1.54) is 22.9 Å². The molecule has 0 aliphatic rings. The van der Waals surface area contributed by atoms with Crippen molar-refractivity contribution >= 4 is 23.4 Å². The van der Waals surface area contributed by atoms with Crippen LogP contribution in [0, 0.1) is 13.8 Å². The number of para-hydroxylation sites is 1. The molecule has 2 aromatic carbocycles. The molecular weight excluding hydrogens is 430 g/mol. The molecule has 0 aliphatic heterocycles. The normalized spacial score (nSPS) is 11.1. The molecule has 168 valence electrons. The molecule has 0 spiro atoms. The van der Waals surface area contributed by atoms with Crippen molar-refractivity contribution in [1.29, 1.82) is 0 Å². The van der Waals surface area contributed by atoms with Crippen LogP contribution in [0.1, 0.15) is 36.5 Å². The minimum Gasteiger partial charge on any atom is -0.325 e. The zero-order valence-electron chi connectivity index (χ0n) is 19.2. The molecule has 2 heterocycles. The third-order valence-corrected chi connectivity index (χ3v) is 6.44. The molecule has 33 heavy (non-hydrogen) atoms. The fraction of sp³-hybridized carbons (Fsp3) is 0.231. The standard InChI is InChI=1S/C26H27N5OS/c1-17(2)22-7-5-6-8-23(22)28-24(32)16-33-26-30-29-25(20-11-13-27-14-12-20)31(26)21-10-9-18(3)19(4)15-21/h5-15,17H,16H2,1-4H3,(H,28,32). The van der Waals surface area contributed by atoms with Gasteiger partial charge in [0, 0.05) is 23.6 Å². The number of pyridine rings is 1. The second kappa shape index (κ2) is 10.0. The van der Waals surface area contributed by atoms with Crippen molar-refractivity contribution in [1.82, 2.24) is 19.7 Å². The smallest absolute Gasteiger partial charge is 0.234 e. The molecule has 0 fully saturated rings. The molecule has 1 amide bonds. The van der Waals surface area contributed by atoms with Crippen molar-refractivity contribution in [2.75, 3.05) is 11.1 Å². The summed E-state index contributed by atoms with van der Waals surface area (Å²) in [7, 11) is 0. The SMILES string of the molecule is Cc1ccc(-n2c(SCC(=O)Nc3ccccc3C(C)C)nnc2-c2ccncc2)cc1C. The Bertz CT molecular complexity index is 1270. The van der Waals surface area contributed by atoms with Gasteiger partial charge in [0.15, 0.2) is 11.0 Å². The van der Waals surface area contributed by atoms with Crippen molar-refractivity contribution < 1.29 is 4.79 Å². The summed E-state index contributed by atoms with van der Waals surface area (Å²) in [4.78, 5) is 16.9. The van der Waals surface area contributed by atoms with E-state index in [2.05, 4.69) is 66.4 Å². The molecule has 4 aromatic rings. The highest BCUT2D eigenvalue weighted by Gasteiger charge is 2.18. The first-order valence-electron chi connectivity index (χ1n) is 10.9. The van der Waals surface area contributed by atoms with Gasteiger partial charge in [-0.15, -0.1) is 10.2 Å². The lowest BCUT2D eigenvalue weighted by Gasteiger charge is -2.14. The molecule has 7 heteroatoms. The van der Waals surface area contributed by atoms with Crippen LogP contribution in [0.2, 0.25) is 0 Å². The van der Waals surface area contributed by atoms with Crippen LogP contribution < -0.4 is 5.32 Å². The van der Waals surface area contributed by atoms with Crippen molar-refractivity contribution in [2.24, 2.45) is 0 Å². The van der Waals surface area contributed by atoms with E-state index in [9.17, 15) is 4.79 Å². The predicted octanol–water partition coefficient (Wildman–Crippen LogP) is 5.80. The van der Waals surface area contributed by atoms with Crippen molar-refractivity contribution in [2.45, 2.75) is 38.8 Å². The first-order chi connectivity index (χ1) is 15.9. The van der Waals surface area contributed by atoms with E-state index < -0.39 is 0 Å². The third-order valence-electron chi connectivity index (χ3n) is 5.51. The summed E-state index contributed by atoms with van der Waals surface area (Å²) in [6, 6.07) is 18.0. The zero-order chi connectivity index (χ0) is 23.4. The number of hydrogen-bond acceptors (Lipinski definition) is 5. The molecule has 2 aromatic heterocycles. The minimum atomic E-state index is -0.0757. The van der Waals surface area contributed by atoms with E-state index in [0.717, 1.165) is 22.5 Å². The van der Waals surface area contributed by atoms with Crippen LogP contribution in [-0.4, -0.2) is 31.4 Å². The molecule has 0 saturated carbocycles. The Morgan fingerprint density at radius 1 is 1.00 bits per heavy atom. The summed E-state index contributed by atoms with van der Waals surface area (Å²) in [6.45, 7) is 8.41. The first-order valence-corrected chi connectivity index (χ1v) is 11.9. The van der Waals surface area contributed by atoms with Crippen LogP contribution in [0.15, 0.2) is 72.1 Å². The average Bonchev–Trinajstić information content (AvgIpc) is 3.24. The number of thioether (sulfide) groups is 1. The minimum absolute atomic E-state index is 0.0757. The number of rotatable bonds is 7. The Morgan fingerprint density at radius 3 is 2.48 bits per heavy atom. The van der Waals surface area contributed by atoms with Crippen LogP contribution in [0.5, 0.6) is 0 Å². The lowest BCUT2D eigenvalue weighted by molar-refractivity contribution is -0.113. The maximum Gasteiger partial charge on any atom is 0.234 e. The van der Waals surface area contributed by atoms with Gasteiger partial charge in [-0.05, 0) is 66.8 Å². The van der Waals surface area contributed by atoms with Gasteiger partial charge in [0.25, 0.3) is 0 Å². The van der Waals surface area contributed by atoms with Gasteiger partial charge in [-0.2, -0.15) is 0 Å². The van der Waals surface area contributed by atoms with E-state index in [0.29, 0.717) is 16.9 Å². The van der Waals surface area contributed by atoms with Gasteiger partial charge < -0.3 is 5.32 Å². The summed E-state index contributed by atoms with van der Waals surface area (Å²) in [5, 5.41) is 12.6. The van der Waals surface area contributed by atoms with Crippen LogP contribution in [0.3, 0.4) is 0 Å². The molecule has 0 aliphatic carbocycles. The second-order valence-corrected chi connectivity index (χ2v) is 9.17. The summed E-state index contributed by atoms with van der Waals surface area (Å²) in [6.07, 6.45) is 3.47. The van der Waals surface area contributed by atoms with Gasteiger partial charge in [-0.3, -0.25) is 14.3 Å². The molecule has 0 saturated heterocycles. The lowest BCUT2D eigenvalue weighted by atomic mass is 10.0. The highest BCUT2D eigenvalue weighted by atomic mass is 32.2. The number of benzene rings is 2. The largest absolute Gasteiger partial charge is 0.325 e. The predicted molar refractivity (Wildman–Crippen MR) is 134 cm³/mol. The quantitative estimate of drug-likeness (QED) is 0.355. The van der Waals surface area contributed by atoms with Gasteiger partial charge in [0.05, 0.1) is 11.4 Å². The molecule has 4 rings (SSSR count). The van der Waals surface area contributed by atoms with Gasteiger partial charge in [0.2, 0.25) is 5.91 Å². The molecular formula is C26H27N5OS. The fourth-order valence-corrected chi connectivity index (χ4v) is 4.33. The van der Waals surface area contributed by atoms with E-state index in [-0.39, 0.29) is 11.7 Å². The van der Waals surface area contributed by atoms with E-state index >= 15 is 0 Å². The highest BCUT2D eigenvalue weighted by molar-refractivity contribution is 7.99. The Morgan fingerprint density at radius 2 is 1.76 bits per heavy atom. The summed E-state index contributed by atoms with van der Waals surface area (Å²) in [5.74, 6) is 1.19. The molecule has 0 radical (unpaired) electrons. The Kier molecular flexibility index (Phi) is 6.89. The molecule has 0 unspecified atom stereocenters. The molecule has 1 N–H and O–H groups in total. The fourth-order valence-electron chi connectivity index (χ4n) is 3.58. The van der Waals surface area contributed by atoms with Gasteiger partial charge in [0.1, 0.15) is 0 Å². The summed E-state index contributed by atoms with van der Waals surface area (Å²) >= 11 is 1.37. The van der Waals surface area contributed by atoms with Crippen molar-refractivity contribution in [3.63, 3.8) is 0 Å². The first kappa shape index (κ1) is 22.7. The van der Waals surface area contributed by atoms with Crippen molar-refractivity contribution in [3.05, 3.63) is 83.7 Å². The number of carbonyl (C=O) groups is 1. The maximum atomic E-state index is 12.8. The molecule has 0 bridgehead atoms. The van der Waals surface area contributed by atoms with E-state index in [1.54, 1.807) is 12.4 Å². The number of nitrogens with one attached hydrogen (secondary N) is 1. The van der Waals surface area contributed by atoms with Gasteiger partial charge in [-0.25, -0.2) is 0 Å². The maximum absolute atomic E-state index is 12.8. The topological polar surface area (TPSA) is 72.7 Å². The summed E-state index contributed by atoms with van der Waals surface area (Å²) < 4.78 is 2.00. The highest BCUT2D eigenvalue weighted by Crippen LogP contribution is 2.29. The number of aryl methyl sites for hydroxylation is 2. The van der Waals surface area contributed by atoms with Crippen LogP contribution in [0.4, 0.5) is 5.69 Å². The Balaban J connectivity index is 1.61. The van der Waals surface area contributed by atoms with Gasteiger partial charge >= 0.3 is 0 Å². The average molecular weight is 458 g/mol. The number of nitrogens with zero attached hydrogens (tertiary/aromatic N) is 4. The number of carbonyl (C=O) groups excluding carboxylic acids is 1. The number of aromatic nitrogens is 4.